The molecule has 20 heavy (non-hydrogen) atoms. The van der Waals surface area contributed by atoms with Gasteiger partial charge < -0.3 is 10.2 Å². The van der Waals surface area contributed by atoms with Gasteiger partial charge in [0.15, 0.2) is 0 Å². The van der Waals surface area contributed by atoms with Crippen LogP contribution in [0.5, 0.6) is 0 Å². The van der Waals surface area contributed by atoms with Crippen molar-refractivity contribution >= 4 is 11.6 Å². The molecule has 6 heteroatoms. The van der Waals surface area contributed by atoms with Crippen molar-refractivity contribution in [1.29, 1.82) is 0 Å². The lowest BCUT2D eigenvalue weighted by atomic mass is 10.0. The fourth-order valence-corrected chi connectivity index (χ4v) is 2.48. The number of carbonyl (C=O) groups excluding carboxylic acids is 1. The van der Waals surface area contributed by atoms with Crippen molar-refractivity contribution in [1.82, 2.24) is 5.32 Å². The lowest BCUT2D eigenvalue weighted by Crippen LogP contribution is -2.47. The number of rotatable bonds is 2. The highest BCUT2D eigenvalue weighted by atomic mass is 19.4. The summed E-state index contributed by atoms with van der Waals surface area (Å²) in [5.41, 5.74) is 0.115. The van der Waals surface area contributed by atoms with Gasteiger partial charge in [0, 0.05) is 31.7 Å². The van der Waals surface area contributed by atoms with Crippen LogP contribution in [-0.4, -0.2) is 25.0 Å². The van der Waals surface area contributed by atoms with Crippen LogP contribution in [0.4, 0.5) is 18.9 Å². The van der Waals surface area contributed by atoms with E-state index < -0.39 is 11.7 Å². The third-order valence-electron chi connectivity index (χ3n) is 3.39. The fraction of sp³-hybridized carbons (Fsp3) is 0.500. The Balaban J connectivity index is 2.05. The second-order valence-corrected chi connectivity index (χ2v) is 5.03. The van der Waals surface area contributed by atoms with E-state index in [1.54, 1.807) is 0 Å². The minimum Gasteiger partial charge on any atom is -0.369 e. The molecule has 1 heterocycles. The second-order valence-electron chi connectivity index (χ2n) is 5.03. The zero-order valence-electron chi connectivity index (χ0n) is 11.2. The summed E-state index contributed by atoms with van der Waals surface area (Å²) >= 11 is 0. The van der Waals surface area contributed by atoms with Gasteiger partial charge in [-0.3, -0.25) is 4.79 Å². The van der Waals surface area contributed by atoms with E-state index in [2.05, 4.69) is 5.32 Å². The van der Waals surface area contributed by atoms with E-state index in [9.17, 15) is 18.0 Å². The highest BCUT2D eigenvalue weighted by Crippen LogP contribution is 2.31. The molecule has 2 rings (SSSR count). The Morgan fingerprint density at radius 3 is 2.50 bits per heavy atom. The average Bonchev–Trinajstić information content (AvgIpc) is 2.37. The standard InChI is InChI=1S/C14H17F3N2O/c1-10(20)18-12-3-2-8-19(9-12)13-6-4-11(5-7-13)14(15,16)17/h4-7,12H,2-3,8-9H2,1H3,(H,18,20). The summed E-state index contributed by atoms with van der Waals surface area (Å²) in [5.74, 6) is -0.0794. The molecule has 0 radical (unpaired) electrons. The Morgan fingerprint density at radius 1 is 1.30 bits per heavy atom. The van der Waals surface area contributed by atoms with Crippen LogP contribution in [0.1, 0.15) is 25.3 Å². The summed E-state index contributed by atoms with van der Waals surface area (Å²) in [6.45, 7) is 2.89. The van der Waals surface area contributed by atoms with Crippen LogP contribution in [0.25, 0.3) is 0 Å². The summed E-state index contributed by atoms with van der Waals surface area (Å²) in [4.78, 5) is 13.1. The molecule has 1 amide bonds. The first-order valence-electron chi connectivity index (χ1n) is 6.55. The van der Waals surface area contributed by atoms with Crippen LogP contribution in [0, 0.1) is 0 Å². The molecule has 110 valence electrons. The van der Waals surface area contributed by atoms with Gasteiger partial charge in [-0.2, -0.15) is 13.2 Å². The van der Waals surface area contributed by atoms with E-state index in [1.807, 2.05) is 4.90 Å². The van der Waals surface area contributed by atoms with Crippen molar-refractivity contribution in [3.63, 3.8) is 0 Å². The lowest BCUT2D eigenvalue weighted by molar-refractivity contribution is -0.137. The molecule has 0 saturated carbocycles. The molecule has 1 saturated heterocycles. The number of piperidine rings is 1. The molecule has 0 spiro atoms. The Labute approximate surface area is 115 Å². The van der Waals surface area contributed by atoms with E-state index in [0.29, 0.717) is 6.54 Å². The first-order valence-corrected chi connectivity index (χ1v) is 6.55. The maximum Gasteiger partial charge on any atom is 0.416 e. The number of hydrogen-bond donors (Lipinski definition) is 1. The SMILES string of the molecule is CC(=O)NC1CCCN(c2ccc(C(F)(F)F)cc2)C1. The number of halogens is 3. The Bertz CT molecular complexity index is 470. The number of nitrogens with zero attached hydrogens (tertiary/aromatic N) is 1. The number of carbonyl (C=O) groups is 1. The Hall–Kier alpha value is -1.72. The first-order chi connectivity index (χ1) is 9.36. The third kappa shape index (κ3) is 3.65. The van der Waals surface area contributed by atoms with Crippen LogP contribution < -0.4 is 10.2 Å². The molecule has 1 N–H and O–H groups in total. The van der Waals surface area contributed by atoms with Gasteiger partial charge >= 0.3 is 6.18 Å². The molecule has 1 fully saturated rings. The zero-order chi connectivity index (χ0) is 14.8. The van der Waals surface area contributed by atoms with E-state index in [0.717, 1.165) is 37.2 Å². The topological polar surface area (TPSA) is 32.3 Å². The van der Waals surface area contributed by atoms with Crippen molar-refractivity contribution in [2.24, 2.45) is 0 Å². The second kappa shape index (κ2) is 5.73. The molecule has 1 aliphatic heterocycles. The third-order valence-corrected chi connectivity index (χ3v) is 3.39. The van der Waals surface area contributed by atoms with Gasteiger partial charge in [-0.05, 0) is 37.1 Å². The van der Waals surface area contributed by atoms with Crippen molar-refractivity contribution in [2.75, 3.05) is 18.0 Å². The average molecular weight is 286 g/mol. The first kappa shape index (κ1) is 14.7. The number of anilines is 1. The molecule has 0 aliphatic carbocycles. The Morgan fingerprint density at radius 2 is 1.95 bits per heavy atom. The molecule has 0 bridgehead atoms. The maximum atomic E-state index is 12.5. The minimum absolute atomic E-state index is 0.0588. The summed E-state index contributed by atoms with van der Waals surface area (Å²) in [6.07, 6.45) is -2.50. The zero-order valence-corrected chi connectivity index (χ0v) is 11.2. The number of hydrogen-bond acceptors (Lipinski definition) is 2. The van der Waals surface area contributed by atoms with Gasteiger partial charge in [0.1, 0.15) is 0 Å². The summed E-state index contributed by atoms with van der Waals surface area (Å²) in [7, 11) is 0. The van der Waals surface area contributed by atoms with E-state index in [1.165, 1.54) is 19.1 Å². The van der Waals surface area contributed by atoms with E-state index in [4.69, 9.17) is 0 Å². The number of alkyl halides is 3. The molecule has 3 nitrogen and oxygen atoms in total. The molecule has 1 atom stereocenters. The van der Waals surface area contributed by atoms with Gasteiger partial charge in [0.05, 0.1) is 5.56 Å². The van der Waals surface area contributed by atoms with Crippen molar-refractivity contribution < 1.29 is 18.0 Å². The van der Waals surface area contributed by atoms with Gasteiger partial charge in [-0.15, -0.1) is 0 Å². The number of benzene rings is 1. The summed E-state index contributed by atoms with van der Waals surface area (Å²) in [5, 5.41) is 2.86. The predicted molar refractivity (Wildman–Crippen MR) is 70.5 cm³/mol. The molecular formula is C14H17F3N2O. The minimum atomic E-state index is -4.31. The molecule has 0 aromatic heterocycles. The van der Waals surface area contributed by atoms with E-state index >= 15 is 0 Å². The molecule has 1 aromatic carbocycles. The van der Waals surface area contributed by atoms with E-state index in [-0.39, 0.29) is 11.9 Å². The van der Waals surface area contributed by atoms with Crippen LogP contribution in [-0.2, 0) is 11.0 Å². The molecule has 1 aromatic rings. The number of amides is 1. The fourth-order valence-electron chi connectivity index (χ4n) is 2.48. The lowest BCUT2D eigenvalue weighted by Gasteiger charge is -2.34. The smallest absolute Gasteiger partial charge is 0.369 e. The summed E-state index contributed by atoms with van der Waals surface area (Å²) < 4.78 is 37.5. The van der Waals surface area contributed by atoms with Crippen LogP contribution in [0.15, 0.2) is 24.3 Å². The van der Waals surface area contributed by atoms with Crippen molar-refractivity contribution in [2.45, 2.75) is 32.0 Å². The van der Waals surface area contributed by atoms with Crippen LogP contribution in [0.2, 0.25) is 0 Å². The predicted octanol–water partition coefficient (Wildman–Crippen LogP) is 2.81. The van der Waals surface area contributed by atoms with Gasteiger partial charge in [-0.1, -0.05) is 0 Å². The van der Waals surface area contributed by atoms with Gasteiger partial charge in [0.25, 0.3) is 0 Å². The maximum absolute atomic E-state index is 12.5. The van der Waals surface area contributed by atoms with Gasteiger partial charge in [-0.25, -0.2) is 0 Å². The monoisotopic (exact) mass is 286 g/mol. The Kier molecular flexibility index (Phi) is 4.20. The highest BCUT2D eigenvalue weighted by Gasteiger charge is 2.30. The quantitative estimate of drug-likeness (QED) is 0.906. The van der Waals surface area contributed by atoms with Gasteiger partial charge in [0.2, 0.25) is 5.91 Å². The normalized spacial score (nSPS) is 19.8. The number of nitrogens with one attached hydrogen (secondary N) is 1. The highest BCUT2D eigenvalue weighted by molar-refractivity contribution is 5.73. The largest absolute Gasteiger partial charge is 0.416 e. The van der Waals surface area contributed by atoms with Crippen molar-refractivity contribution in [3.05, 3.63) is 29.8 Å². The molecular weight excluding hydrogens is 269 g/mol. The van der Waals surface area contributed by atoms with Crippen LogP contribution in [0.3, 0.4) is 0 Å². The van der Waals surface area contributed by atoms with Crippen LogP contribution >= 0.6 is 0 Å². The molecule has 1 aliphatic rings. The summed E-state index contributed by atoms with van der Waals surface area (Å²) in [6, 6.07) is 5.22. The van der Waals surface area contributed by atoms with Crippen molar-refractivity contribution in [3.8, 4) is 0 Å². The molecule has 1 unspecified atom stereocenters.